The number of hydrogen-bond donors (Lipinski definition) is 0. The van der Waals surface area contributed by atoms with Crippen LogP contribution >= 0.6 is 0 Å². The molecule has 1 rings (SSSR count). The van der Waals surface area contributed by atoms with Gasteiger partial charge in [0.15, 0.2) is 0 Å². The maximum Gasteiger partial charge on any atom is 0.265 e. The Bertz CT molecular complexity index is 170. The molecule has 44 valence electrons. The summed E-state index contributed by atoms with van der Waals surface area (Å²) < 4.78 is 3.81. The molecule has 0 spiro atoms. The van der Waals surface area contributed by atoms with E-state index in [1.165, 1.54) is 0 Å². The first-order chi connectivity index (χ1) is 3.72. The van der Waals surface area contributed by atoms with E-state index in [2.05, 4.69) is 5.10 Å². The lowest BCUT2D eigenvalue weighted by Crippen LogP contribution is -2.29. The van der Waals surface area contributed by atoms with E-state index < -0.39 is 0 Å². The van der Waals surface area contributed by atoms with Crippen LogP contribution in [0.1, 0.15) is 5.82 Å². The highest BCUT2D eigenvalue weighted by Gasteiger charge is 2.02. The molecule has 0 amide bonds. The number of rotatable bonds is 0. The molecular formula is C5H10N3+. The molecule has 0 aliphatic carbocycles. The third-order valence-electron chi connectivity index (χ3n) is 1.38. The minimum atomic E-state index is 1.16. The first-order valence-corrected chi connectivity index (χ1v) is 2.56. The molecular weight excluding hydrogens is 102 g/mol. The van der Waals surface area contributed by atoms with E-state index in [1.807, 2.05) is 30.3 Å². The lowest BCUT2D eigenvalue weighted by atomic mass is 10.7. The van der Waals surface area contributed by atoms with Gasteiger partial charge in [-0.1, -0.05) is 0 Å². The third kappa shape index (κ3) is 0.598. The minimum Gasteiger partial charge on any atom is -0.238 e. The average molecular weight is 112 g/mol. The van der Waals surface area contributed by atoms with Gasteiger partial charge in [0.25, 0.3) is 6.33 Å². The van der Waals surface area contributed by atoms with Crippen molar-refractivity contribution < 1.29 is 4.57 Å². The van der Waals surface area contributed by atoms with Gasteiger partial charge in [-0.2, -0.15) is 0 Å². The summed E-state index contributed by atoms with van der Waals surface area (Å²) >= 11 is 0. The highest BCUT2D eigenvalue weighted by atomic mass is 15.3. The van der Waals surface area contributed by atoms with Crippen LogP contribution in [0.4, 0.5) is 0 Å². The molecule has 0 saturated heterocycles. The van der Waals surface area contributed by atoms with Crippen molar-refractivity contribution in [3.8, 4) is 0 Å². The van der Waals surface area contributed by atoms with Crippen LogP contribution < -0.4 is 4.57 Å². The molecule has 0 radical (unpaired) electrons. The Morgan fingerprint density at radius 2 is 2.38 bits per heavy atom. The topological polar surface area (TPSA) is 21.7 Å². The van der Waals surface area contributed by atoms with Crippen molar-refractivity contribution in [2.45, 2.75) is 6.92 Å². The van der Waals surface area contributed by atoms with E-state index in [0.29, 0.717) is 0 Å². The highest BCUT2D eigenvalue weighted by Crippen LogP contribution is 1.78. The predicted octanol–water partition coefficient (Wildman–Crippen LogP) is -0.447. The Kier molecular flexibility index (Phi) is 1.04. The molecule has 1 aromatic rings. The Morgan fingerprint density at radius 3 is 2.50 bits per heavy atom. The van der Waals surface area contributed by atoms with E-state index >= 15 is 0 Å². The second-order valence-electron chi connectivity index (χ2n) is 1.91. The maximum absolute atomic E-state index is 4.00. The molecule has 0 aliphatic rings. The molecule has 0 bridgehead atoms. The molecule has 0 N–H and O–H groups in total. The number of nitrogens with zero attached hydrogens (tertiary/aromatic N) is 3. The maximum atomic E-state index is 4.00. The fourth-order valence-electron chi connectivity index (χ4n) is 0.550. The molecule has 0 fully saturated rings. The van der Waals surface area contributed by atoms with E-state index in [-0.39, 0.29) is 0 Å². The summed E-state index contributed by atoms with van der Waals surface area (Å²) in [6.45, 7) is 2.02. The summed E-state index contributed by atoms with van der Waals surface area (Å²) in [7, 11) is 3.90. The van der Waals surface area contributed by atoms with Crippen LogP contribution in [0.15, 0.2) is 6.33 Å². The first kappa shape index (κ1) is 5.28. The van der Waals surface area contributed by atoms with Gasteiger partial charge in [0.05, 0.1) is 14.1 Å². The number of aromatic nitrogens is 3. The van der Waals surface area contributed by atoms with Crippen LogP contribution in [0.25, 0.3) is 0 Å². The fourth-order valence-corrected chi connectivity index (χ4v) is 0.550. The molecule has 0 atom stereocenters. The van der Waals surface area contributed by atoms with Crippen LogP contribution in [0, 0.1) is 6.92 Å². The summed E-state index contributed by atoms with van der Waals surface area (Å²) in [4.78, 5) is 0. The molecule has 0 unspecified atom stereocenters. The van der Waals surface area contributed by atoms with Crippen molar-refractivity contribution in [3.63, 3.8) is 0 Å². The van der Waals surface area contributed by atoms with Crippen molar-refractivity contribution in [3.05, 3.63) is 12.2 Å². The fraction of sp³-hybridized carbons (Fsp3) is 0.600. The standard InChI is InChI=1S/C5H10N3/c1-5-7(2)4-6-8(5)3/h4H,1-3H3/q+1. The van der Waals surface area contributed by atoms with Gasteiger partial charge in [-0.05, 0) is 0 Å². The second kappa shape index (κ2) is 1.58. The molecule has 1 heterocycles. The highest BCUT2D eigenvalue weighted by molar-refractivity contribution is 4.63. The van der Waals surface area contributed by atoms with Crippen LogP contribution in [0.3, 0.4) is 0 Å². The molecule has 0 aliphatic heterocycles. The predicted molar refractivity (Wildman–Crippen MR) is 29.1 cm³/mol. The largest absolute Gasteiger partial charge is 0.265 e. The molecule has 3 nitrogen and oxygen atoms in total. The van der Waals surface area contributed by atoms with Crippen molar-refractivity contribution >= 4 is 0 Å². The van der Waals surface area contributed by atoms with Gasteiger partial charge in [0.1, 0.15) is 0 Å². The summed E-state index contributed by atoms with van der Waals surface area (Å²) in [5, 5.41) is 4.00. The zero-order chi connectivity index (χ0) is 6.15. The quantitative estimate of drug-likeness (QED) is 0.417. The van der Waals surface area contributed by atoms with Crippen molar-refractivity contribution in [2.75, 3.05) is 0 Å². The van der Waals surface area contributed by atoms with Crippen LogP contribution in [0.2, 0.25) is 0 Å². The summed E-state index contributed by atoms with van der Waals surface area (Å²) in [6, 6.07) is 0. The zero-order valence-electron chi connectivity index (χ0n) is 5.42. The first-order valence-electron chi connectivity index (χ1n) is 2.56. The van der Waals surface area contributed by atoms with Crippen LogP contribution in [-0.4, -0.2) is 9.78 Å². The molecule has 0 aromatic carbocycles. The van der Waals surface area contributed by atoms with E-state index in [0.717, 1.165) is 5.82 Å². The monoisotopic (exact) mass is 112 g/mol. The Balaban J connectivity index is 3.19. The van der Waals surface area contributed by atoms with E-state index in [9.17, 15) is 0 Å². The second-order valence-corrected chi connectivity index (χ2v) is 1.91. The van der Waals surface area contributed by atoms with Crippen LogP contribution in [-0.2, 0) is 14.1 Å². The van der Waals surface area contributed by atoms with Crippen molar-refractivity contribution in [1.29, 1.82) is 0 Å². The Labute approximate surface area is 48.6 Å². The van der Waals surface area contributed by atoms with Crippen molar-refractivity contribution in [2.24, 2.45) is 14.1 Å². The summed E-state index contributed by atoms with van der Waals surface area (Å²) in [5.41, 5.74) is 0. The number of hydrogen-bond acceptors (Lipinski definition) is 1. The van der Waals surface area contributed by atoms with E-state index in [1.54, 1.807) is 6.33 Å². The molecule has 1 aromatic heterocycles. The minimum absolute atomic E-state index is 1.16. The SMILES string of the molecule is Cc1n(C)nc[n+]1C. The van der Waals surface area contributed by atoms with Gasteiger partial charge in [0.2, 0.25) is 5.82 Å². The van der Waals surface area contributed by atoms with Gasteiger partial charge in [-0.15, -0.1) is 4.68 Å². The average Bonchev–Trinajstić information content (AvgIpc) is 1.98. The number of aryl methyl sites for hydroxylation is 2. The lowest BCUT2D eigenvalue weighted by Gasteiger charge is -1.82. The van der Waals surface area contributed by atoms with Crippen molar-refractivity contribution in [1.82, 2.24) is 9.78 Å². The third-order valence-corrected chi connectivity index (χ3v) is 1.38. The van der Waals surface area contributed by atoms with Gasteiger partial charge in [0, 0.05) is 12.0 Å². The Morgan fingerprint density at radius 1 is 1.75 bits per heavy atom. The van der Waals surface area contributed by atoms with Gasteiger partial charge in [-0.3, -0.25) is 0 Å². The van der Waals surface area contributed by atoms with Gasteiger partial charge >= 0.3 is 0 Å². The zero-order valence-corrected chi connectivity index (χ0v) is 5.42. The smallest absolute Gasteiger partial charge is 0.238 e. The molecule has 0 saturated carbocycles. The molecule has 8 heavy (non-hydrogen) atoms. The molecule has 3 heteroatoms. The van der Waals surface area contributed by atoms with Crippen LogP contribution in [0.5, 0.6) is 0 Å². The summed E-state index contributed by atoms with van der Waals surface area (Å²) in [6.07, 6.45) is 1.79. The van der Waals surface area contributed by atoms with Gasteiger partial charge in [-0.25, -0.2) is 4.57 Å². The van der Waals surface area contributed by atoms with E-state index in [4.69, 9.17) is 0 Å². The van der Waals surface area contributed by atoms with Gasteiger partial charge < -0.3 is 0 Å². The summed E-state index contributed by atoms with van der Waals surface area (Å²) in [5.74, 6) is 1.16. The lowest BCUT2D eigenvalue weighted by molar-refractivity contribution is -0.678. The Hall–Kier alpha value is -0.860. The normalized spacial score (nSPS) is 9.88.